The number of pyridine rings is 1. The number of aliphatic hydroxyl groups excluding tert-OH is 1. The summed E-state index contributed by atoms with van der Waals surface area (Å²) in [6.45, 7) is 5.17. The van der Waals surface area contributed by atoms with Crippen LogP contribution in [0.25, 0.3) is 22.4 Å². The van der Waals surface area contributed by atoms with Crippen LogP contribution < -0.4 is 15.8 Å². The number of fused-ring (bicyclic) bond motifs is 1. The molecule has 1 amide bonds. The Morgan fingerprint density at radius 3 is 2.73 bits per heavy atom. The molecular formula is C29H33ClN6O5. The van der Waals surface area contributed by atoms with Crippen molar-refractivity contribution >= 4 is 40.1 Å². The standard InChI is InChI=1S/C29H33ClN6O5/c1-18-14-21(35-8-10-36(11-9-35)29(39)41-13-12-40-2)16-23-26(18)34-27(33-23)25-22(6-7-31-28(25)38)32-17-24(37)19-4-3-5-20(30)15-19/h3-7,14-16,24,37H,8-13,17H2,1-2H3,(H,33,34)(H2,31,32,38). The van der Waals surface area contributed by atoms with Gasteiger partial charge in [-0.05, 0) is 48.4 Å². The number of amides is 1. The maximum absolute atomic E-state index is 13.0. The number of aromatic amines is 2. The third kappa shape index (κ3) is 6.48. The van der Waals surface area contributed by atoms with Crippen molar-refractivity contribution in [2.75, 3.05) is 63.3 Å². The summed E-state index contributed by atoms with van der Waals surface area (Å²) in [4.78, 5) is 39.9. The van der Waals surface area contributed by atoms with Gasteiger partial charge in [0.2, 0.25) is 0 Å². The van der Waals surface area contributed by atoms with Crippen LogP contribution in [0.3, 0.4) is 0 Å². The molecule has 4 N–H and O–H groups in total. The summed E-state index contributed by atoms with van der Waals surface area (Å²) in [5.41, 5.74) is 4.78. The van der Waals surface area contributed by atoms with Gasteiger partial charge in [0.05, 0.1) is 29.4 Å². The van der Waals surface area contributed by atoms with E-state index in [-0.39, 0.29) is 24.8 Å². The Bertz CT molecular complexity index is 1580. The number of ether oxygens (including phenoxy) is 2. The molecule has 216 valence electrons. The predicted molar refractivity (Wildman–Crippen MR) is 159 cm³/mol. The van der Waals surface area contributed by atoms with Crippen LogP contribution in [0.15, 0.2) is 53.5 Å². The summed E-state index contributed by atoms with van der Waals surface area (Å²) in [5, 5.41) is 14.4. The number of anilines is 2. The number of hydrogen-bond donors (Lipinski definition) is 4. The number of aryl methyl sites for hydroxylation is 1. The fourth-order valence-corrected chi connectivity index (χ4v) is 5.12. The van der Waals surface area contributed by atoms with Gasteiger partial charge in [-0.2, -0.15) is 0 Å². The third-order valence-corrected chi connectivity index (χ3v) is 7.33. The minimum absolute atomic E-state index is 0.173. The Labute approximate surface area is 242 Å². The van der Waals surface area contributed by atoms with Crippen molar-refractivity contribution in [1.82, 2.24) is 19.9 Å². The Hall–Kier alpha value is -4.06. The third-order valence-electron chi connectivity index (χ3n) is 7.09. The zero-order valence-electron chi connectivity index (χ0n) is 22.9. The monoisotopic (exact) mass is 580 g/mol. The highest BCUT2D eigenvalue weighted by atomic mass is 35.5. The average Bonchev–Trinajstić information content (AvgIpc) is 3.40. The lowest BCUT2D eigenvalue weighted by Crippen LogP contribution is -2.49. The molecule has 5 rings (SSSR count). The fraction of sp³-hybridized carbons (Fsp3) is 0.345. The van der Waals surface area contributed by atoms with E-state index in [2.05, 4.69) is 26.3 Å². The minimum Gasteiger partial charge on any atom is -0.447 e. The molecule has 0 saturated carbocycles. The first kappa shape index (κ1) is 28.5. The zero-order chi connectivity index (χ0) is 28.9. The number of nitrogens with zero attached hydrogens (tertiary/aromatic N) is 3. The van der Waals surface area contributed by atoms with E-state index in [0.29, 0.717) is 60.4 Å². The molecule has 0 spiro atoms. The summed E-state index contributed by atoms with van der Waals surface area (Å²) in [6, 6.07) is 12.9. The number of carbonyl (C=O) groups is 1. The van der Waals surface area contributed by atoms with E-state index in [9.17, 15) is 14.7 Å². The molecule has 0 aliphatic carbocycles. The van der Waals surface area contributed by atoms with Gasteiger partial charge in [0.1, 0.15) is 18.0 Å². The van der Waals surface area contributed by atoms with Gasteiger partial charge in [-0.25, -0.2) is 9.78 Å². The molecule has 11 nitrogen and oxygen atoms in total. The lowest BCUT2D eigenvalue weighted by molar-refractivity contribution is 0.0705. The van der Waals surface area contributed by atoms with Gasteiger partial charge in [-0.1, -0.05) is 23.7 Å². The quantitative estimate of drug-likeness (QED) is 0.219. The van der Waals surface area contributed by atoms with Crippen LogP contribution in [0.5, 0.6) is 0 Å². The number of piperazine rings is 1. The predicted octanol–water partition coefficient (Wildman–Crippen LogP) is 3.93. The normalized spacial score (nSPS) is 14.3. The number of H-pyrrole nitrogens is 2. The molecule has 2 aromatic heterocycles. The van der Waals surface area contributed by atoms with Crippen molar-refractivity contribution in [3.63, 3.8) is 0 Å². The second-order valence-electron chi connectivity index (χ2n) is 9.87. The van der Waals surface area contributed by atoms with Gasteiger partial charge in [-0.15, -0.1) is 0 Å². The number of aromatic nitrogens is 3. The zero-order valence-corrected chi connectivity index (χ0v) is 23.7. The van der Waals surface area contributed by atoms with Gasteiger partial charge in [-0.3, -0.25) is 4.79 Å². The smallest absolute Gasteiger partial charge is 0.409 e. The Morgan fingerprint density at radius 1 is 1.17 bits per heavy atom. The molecule has 1 saturated heterocycles. The lowest BCUT2D eigenvalue weighted by atomic mass is 10.1. The van der Waals surface area contributed by atoms with E-state index in [4.69, 9.17) is 26.1 Å². The maximum atomic E-state index is 13.0. The van der Waals surface area contributed by atoms with E-state index < -0.39 is 6.10 Å². The maximum Gasteiger partial charge on any atom is 0.409 e. The number of hydrogen-bond acceptors (Lipinski definition) is 8. The highest BCUT2D eigenvalue weighted by Gasteiger charge is 2.24. The Morgan fingerprint density at radius 2 is 1.98 bits per heavy atom. The van der Waals surface area contributed by atoms with Crippen molar-refractivity contribution in [1.29, 1.82) is 0 Å². The number of rotatable bonds is 9. The lowest BCUT2D eigenvalue weighted by Gasteiger charge is -2.35. The van der Waals surface area contributed by atoms with E-state index >= 15 is 0 Å². The molecule has 1 unspecified atom stereocenters. The first-order valence-electron chi connectivity index (χ1n) is 13.4. The van der Waals surface area contributed by atoms with Crippen LogP contribution in [0, 0.1) is 6.92 Å². The highest BCUT2D eigenvalue weighted by molar-refractivity contribution is 6.30. The second kappa shape index (κ2) is 12.6. The van der Waals surface area contributed by atoms with E-state index in [1.807, 2.05) is 13.0 Å². The molecule has 0 bridgehead atoms. The summed E-state index contributed by atoms with van der Waals surface area (Å²) >= 11 is 6.07. The first-order chi connectivity index (χ1) is 19.8. The van der Waals surface area contributed by atoms with Crippen LogP contribution in [0.2, 0.25) is 5.02 Å². The molecule has 12 heteroatoms. The van der Waals surface area contributed by atoms with Gasteiger partial charge >= 0.3 is 6.09 Å². The van der Waals surface area contributed by atoms with Crippen LogP contribution in [0.4, 0.5) is 16.2 Å². The summed E-state index contributed by atoms with van der Waals surface area (Å²) in [6.07, 6.45) is 0.400. The van der Waals surface area contributed by atoms with Crippen LogP contribution in [-0.4, -0.2) is 84.1 Å². The number of methoxy groups -OCH3 is 1. The van der Waals surface area contributed by atoms with Gasteiger partial charge in [0.15, 0.2) is 0 Å². The molecule has 0 radical (unpaired) electrons. The second-order valence-corrected chi connectivity index (χ2v) is 10.3. The topological polar surface area (TPSA) is 136 Å². The SMILES string of the molecule is COCCOC(=O)N1CCN(c2cc(C)c3nc(-c4c(NCC(O)c5cccc(Cl)c5)cc[nH]c4=O)[nH]c3c2)CC1. The molecule has 4 aromatic rings. The molecular weight excluding hydrogens is 548 g/mol. The summed E-state index contributed by atoms with van der Waals surface area (Å²) in [5.74, 6) is 0.422. The molecule has 3 heterocycles. The molecule has 1 aliphatic rings. The van der Waals surface area contributed by atoms with Crippen molar-refractivity contribution in [2.24, 2.45) is 0 Å². The fourth-order valence-electron chi connectivity index (χ4n) is 4.92. The number of halogens is 1. The summed E-state index contributed by atoms with van der Waals surface area (Å²) < 4.78 is 10.2. The number of nitrogens with one attached hydrogen (secondary N) is 3. The molecule has 1 aliphatic heterocycles. The van der Waals surface area contributed by atoms with Crippen molar-refractivity contribution < 1.29 is 19.4 Å². The number of imidazole rings is 1. The minimum atomic E-state index is -0.825. The Kier molecular flexibility index (Phi) is 8.77. The van der Waals surface area contributed by atoms with E-state index in [1.165, 1.54) is 0 Å². The largest absolute Gasteiger partial charge is 0.447 e. The van der Waals surface area contributed by atoms with Crippen LogP contribution >= 0.6 is 11.6 Å². The van der Waals surface area contributed by atoms with Gasteiger partial charge in [0.25, 0.3) is 5.56 Å². The van der Waals surface area contributed by atoms with Crippen molar-refractivity contribution in [3.05, 3.63) is 75.2 Å². The van der Waals surface area contributed by atoms with E-state index in [0.717, 1.165) is 22.3 Å². The van der Waals surface area contributed by atoms with Crippen molar-refractivity contribution in [2.45, 2.75) is 13.0 Å². The van der Waals surface area contributed by atoms with Gasteiger partial charge in [0, 0.05) is 56.7 Å². The first-order valence-corrected chi connectivity index (χ1v) is 13.8. The highest BCUT2D eigenvalue weighted by Crippen LogP contribution is 2.30. The van der Waals surface area contributed by atoms with E-state index in [1.54, 1.807) is 48.5 Å². The molecule has 1 fully saturated rings. The molecule has 2 aromatic carbocycles. The molecule has 1 atom stereocenters. The average molecular weight is 581 g/mol. The Balaban J connectivity index is 1.33. The van der Waals surface area contributed by atoms with Crippen LogP contribution in [-0.2, 0) is 9.47 Å². The summed E-state index contributed by atoms with van der Waals surface area (Å²) in [7, 11) is 1.57. The number of aliphatic hydroxyl groups is 1. The molecule has 41 heavy (non-hydrogen) atoms. The number of carbonyl (C=O) groups excluding carboxylic acids is 1. The number of benzene rings is 2. The van der Waals surface area contributed by atoms with Crippen molar-refractivity contribution in [3.8, 4) is 11.4 Å². The van der Waals surface area contributed by atoms with Crippen LogP contribution in [0.1, 0.15) is 17.2 Å². The van der Waals surface area contributed by atoms with Gasteiger partial charge < -0.3 is 39.7 Å².